The highest BCUT2D eigenvalue weighted by atomic mass is 32.2. The molecule has 1 saturated heterocycles. The van der Waals surface area contributed by atoms with Crippen molar-refractivity contribution >= 4 is 21.4 Å². The van der Waals surface area contributed by atoms with Crippen LogP contribution in [0.4, 0.5) is 0 Å². The van der Waals surface area contributed by atoms with Gasteiger partial charge in [-0.1, -0.05) is 36.4 Å². The maximum absolute atomic E-state index is 11.7. The largest absolute Gasteiger partial charge is 0.322 e. The van der Waals surface area contributed by atoms with Crippen LogP contribution in [0.5, 0.6) is 0 Å². The molecule has 5 nitrogen and oxygen atoms in total. The molecule has 0 amide bonds. The number of hydrogen-bond acceptors (Lipinski definition) is 3. The topological polar surface area (TPSA) is 55.0 Å². The third-order valence-corrected chi connectivity index (χ3v) is 6.84. The Labute approximate surface area is 160 Å². The van der Waals surface area contributed by atoms with E-state index in [1.165, 1.54) is 21.6 Å². The molecule has 2 atom stereocenters. The fraction of sp³-hybridized carbons (Fsp3) is 0.474. The normalized spacial score (nSPS) is 23.5. The summed E-state index contributed by atoms with van der Waals surface area (Å²) in [6.45, 7) is 7.38. The molecule has 1 aromatic carbocycles. The molecule has 26 heavy (non-hydrogen) atoms. The maximum Gasteiger partial charge on any atom is 0.209 e. The van der Waals surface area contributed by atoms with Gasteiger partial charge in [-0.15, -0.1) is 11.3 Å². The molecule has 7 heteroatoms. The second kappa shape index (κ2) is 8.63. The highest BCUT2D eigenvalue weighted by Crippen LogP contribution is 2.20. The number of hydrogen-bond donors (Lipinski definition) is 3. The van der Waals surface area contributed by atoms with Gasteiger partial charge < -0.3 is 9.80 Å². The zero-order valence-corrected chi connectivity index (χ0v) is 17.1. The number of piperazine rings is 1. The Hall–Kier alpha value is -1.25. The highest BCUT2D eigenvalue weighted by molar-refractivity contribution is 7.88. The predicted octanol–water partition coefficient (Wildman–Crippen LogP) is -0.289. The van der Waals surface area contributed by atoms with E-state index in [0.717, 1.165) is 32.7 Å². The average molecular weight is 396 g/mol. The van der Waals surface area contributed by atoms with Crippen molar-refractivity contribution < 1.29 is 18.2 Å². The minimum Gasteiger partial charge on any atom is -0.322 e. The van der Waals surface area contributed by atoms with Crippen molar-refractivity contribution in [2.75, 3.05) is 32.4 Å². The lowest BCUT2D eigenvalue weighted by Gasteiger charge is -2.36. The average Bonchev–Trinajstić information content (AvgIpc) is 3.10. The van der Waals surface area contributed by atoms with Gasteiger partial charge in [-0.3, -0.25) is 0 Å². The maximum atomic E-state index is 11.7. The Morgan fingerprint density at radius 1 is 1.08 bits per heavy atom. The molecular formula is C19H29N3O2S2+2. The van der Waals surface area contributed by atoms with Gasteiger partial charge in [0.05, 0.1) is 17.2 Å². The summed E-state index contributed by atoms with van der Waals surface area (Å²) in [7, 11) is -3.21. The molecular weight excluding hydrogens is 366 g/mol. The van der Waals surface area contributed by atoms with Crippen LogP contribution in [0.1, 0.15) is 23.4 Å². The molecule has 3 rings (SSSR count). The fourth-order valence-corrected chi connectivity index (χ4v) is 5.77. The molecule has 1 aliphatic rings. The molecule has 0 bridgehead atoms. The second-order valence-electron chi connectivity index (χ2n) is 7.24. The monoisotopic (exact) mass is 395 g/mol. The first-order valence-corrected chi connectivity index (χ1v) is 11.9. The second-order valence-corrected chi connectivity index (χ2v) is 10.0. The van der Waals surface area contributed by atoms with E-state index in [0.29, 0.717) is 0 Å². The quantitative estimate of drug-likeness (QED) is 0.604. The Balaban J connectivity index is 1.65. The summed E-state index contributed by atoms with van der Waals surface area (Å²) in [5.41, 5.74) is 1.38. The van der Waals surface area contributed by atoms with Crippen LogP contribution in [-0.4, -0.2) is 46.9 Å². The van der Waals surface area contributed by atoms with Gasteiger partial charge in [-0.05, 0) is 18.4 Å². The smallest absolute Gasteiger partial charge is 0.209 e. The molecule has 3 N–H and O–H groups in total. The lowest BCUT2D eigenvalue weighted by atomic mass is 10.1. The van der Waals surface area contributed by atoms with Crippen molar-refractivity contribution in [1.82, 2.24) is 4.72 Å². The molecule has 0 saturated carbocycles. The predicted molar refractivity (Wildman–Crippen MR) is 106 cm³/mol. The Kier molecular flexibility index (Phi) is 6.47. The van der Waals surface area contributed by atoms with Gasteiger partial charge in [0.1, 0.15) is 38.8 Å². The summed E-state index contributed by atoms with van der Waals surface area (Å²) in [6, 6.07) is 14.9. The summed E-state index contributed by atoms with van der Waals surface area (Å²) < 4.78 is 26.3. The van der Waals surface area contributed by atoms with Gasteiger partial charge in [-0.2, -0.15) is 0 Å². The van der Waals surface area contributed by atoms with Gasteiger partial charge >= 0.3 is 0 Å². The third-order valence-electron chi connectivity index (χ3n) is 5.09. The number of sulfonamides is 1. The molecule has 0 aliphatic carbocycles. The van der Waals surface area contributed by atoms with E-state index in [9.17, 15) is 8.42 Å². The van der Waals surface area contributed by atoms with E-state index in [4.69, 9.17) is 0 Å². The van der Waals surface area contributed by atoms with Gasteiger partial charge in [0.25, 0.3) is 0 Å². The lowest BCUT2D eigenvalue weighted by molar-refractivity contribution is -1.03. The van der Waals surface area contributed by atoms with E-state index in [1.807, 2.05) is 6.92 Å². The first-order valence-electron chi connectivity index (χ1n) is 9.15. The SMILES string of the molecule is C[C@H](NS(C)(=O)=O)[C@@H](c1cccs1)[NH+]1CC[NH+](Cc2ccccc2)CC1. The number of rotatable bonds is 7. The number of nitrogens with one attached hydrogen (secondary N) is 3. The van der Waals surface area contributed by atoms with Crippen molar-refractivity contribution in [1.29, 1.82) is 0 Å². The Morgan fingerprint density at radius 3 is 2.35 bits per heavy atom. The van der Waals surface area contributed by atoms with Crippen LogP contribution in [0, 0.1) is 0 Å². The van der Waals surface area contributed by atoms with Crippen LogP contribution in [-0.2, 0) is 16.6 Å². The van der Waals surface area contributed by atoms with Crippen LogP contribution in [0.2, 0.25) is 0 Å². The van der Waals surface area contributed by atoms with Gasteiger partial charge in [-0.25, -0.2) is 13.1 Å². The Morgan fingerprint density at radius 2 is 1.77 bits per heavy atom. The van der Waals surface area contributed by atoms with Crippen molar-refractivity contribution in [2.45, 2.75) is 25.6 Å². The number of quaternary nitrogens is 2. The molecule has 2 aromatic rings. The number of thiophene rings is 1. The summed E-state index contributed by atoms with van der Waals surface area (Å²) >= 11 is 1.72. The molecule has 1 aliphatic heterocycles. The summed E-state index contributed by atoms with van der Waals surface area (Å²) in [4.78, 5) is 4.34. The van der Waals surface area contributed by atoms with Crippen molar-refractivity contribution in [2.24, 2.45) is 0 Å². The first-order chi connectivity index (χ1) is 12.4. The zero-order chi connectivity index (χ0) is 18.6. The van der Waals surface area contributed by atoms with E-state index in [-0.39, 0.29) is 12.1 Å². The summed E-state index contributed by atoms with van der Waals surface area (Å²) in [5.74, 6) is 0. The van der Waals surface area contributed by atoms with Gasteiger partial charge in [0.2, 0.25) is 10.0 Å². The van der Waals surface area contributed by atoms with Crippen molar-refractivity contribution in [3.63, 3.8) is 0 Å². The van der Waals surface area contributed by atoms with Crippen molar-refractivity contribution in [3.8, 4) is 0 Å². The minimum absolute atomic E-state index is 0.116. The van der Waals surface area contributed by atoms with E-state index >= 15 is 0 Å². The molecule has 1 aromatic heterocycles. The van der Waals surface area contributed by atoms with Crippen LogP contribution in [0.3, 0.4) is 0 Å². The number of benzene rings is 1. The fourth-order valence-electron chi connectivity index (χ4n) is 3.97. The molecule has 2 heterocycles. The standard InChI is InChI=1S/C19H27N3O2S2/c1-16(20-26(2,23)24)19(18-9-6-14-25-18)22-12-10-21(11-13-22)15-17-7-4-3-5-8-17/h3-9,14,16,19-20H,10-13,15H2,1-2H3/p+2/t16-,19-/m0/s1. The van der Waals surface area contributed by atoms with Crippen LogP contribution < -0.4 is 14.5 Å². The summed E-state index contributed by atoms with van der Waals surface area (Å²) in [6.07, 6.45) is 1.24. The van der Waals surface area contributed by atoms with Crippen LogP contribution in [0.25, 0.3) is 0 Å². The van der Waals surface area contributed by atoms with Crippen LogP contribution >= 0.6 is 11.3 Å². The zero-order valence-electron chi connectivity index (χ0n) is 15.4. The Bertz CT molecular complexity index is 770. The minimum atomic E-state index is -3.21. The van der Waals surface area contributed by atoms with E-state index < -0.39 is 10.0 Å². The van der Waals surface area contributed by atoms with Gasteiger partial charge in [0, 0.05) is 5.56 Å². The molecule has 0 unspecified atom stereocenters. The lowest BCUT2D eigenvalue weighted by Crippen LogP contribution is -3.28. The van der Waals surface area contributed by atoms with E-state index in [1.54, 1.807) is 16.2 Å². The van der Waals surface area contributed by atoms with Crippen molar-refractivity contribution in [3.05, 3.63) is 58.3 Å². The van der Waals surface area contributed by atoms with Crippen LogP contribution in [0.15, 0.2) is 47.8 Å². The van der Waals surface area contributed by atoms with E-state index in [2.05, 4.69) is 52.6 Å². The summed E-state index contributed by atoms with van der Waals surface area (Å²) in [5, 5.41) is 2.08. The third kappa shape index (κ3) is 5.37. The molecule has 1 fully saturated rings. The molecule has 142 valence electrons. The first kappa shape index (κ1) is 19.5. The molecule has 0 spiro atoms. The highest BCUT2D eigenvalue weighted by Gasteiger charge is 2.35. The molecule has 0 radical (unpaired) electrons. The van der Waals surface area contributed by atoms with Gasteiger partial charge in [0.15, 0.2) is 0 Å².